The fraction of sp³-hybridized carbons (Fsp3) is 1.00. The fourth-order valence-corrected chi connectivity index (χ4v) is 2.72. The molecule has 0 spiro atoms. The molecule has 0 aromatic carbocycles. The predicted molar refractivity (Wildman–Crippen MR) is 81.0 cm³/mol. The summed E-state index contributed by atoms with van der Waals surface area (Å²) in [5.74, 6) is 0. The molecule has 0 amide bonds. The van der Waals surface area contributed by atoms with E-state index in [1.54, 1.807) is 0 Å². The quantitative estimate of drug-likeness (QED) is 0.348. The lowest BCUT2D eigenvalue weighted by molar-refractivity contribution is 0.00807. The molecule has 6 heteroatoms. The first-order chi connectivity index (χ1) is 9.61. The van der Waals surface area contributed by atoms with Gasteiger partial charge in [0.2, 0.25) is 0 Å². The Labute approximate surface area is 123 Å². The second-order valence-corrected chi connectivity index (χ2v) is 6.27. The maximum Gasteiger partial charge on any atom is 0.474 e. The maximum absolute atomic E-state index is 12.5. The summed E-state index contributed by atoms with van der Waals surface area (Å²) in [4.78, 5) is 0. The van der Waals surface area contributed by atoms with Crippen molar-refractivity contribution in [3.05, 3.63) is 0 Å². The molecule has 0 bridgehead atoms. The van der Waals surface area contributed by atoms with Crippen molar-refractivity contribution in [3.63, 3.8) is 0 Å². The van der Waals surface area contributed by atoms with Crippen LogP contribution in [0.4, 0.5) is 0 Å². The first-order valence-corrected chi connectivity index (χ1v) is 9.23. The van der Waals surface area contributed by atoms with Crippen molar-refractivity contribution in [2.45, 2.75) is 65.9 Å². The highest BCUT2D eigenvalue weighted by Gasteiger charge is 2.27. The first-order valence-electron chi connectivity index (χ1n) is 7.77. The van der Waals surface area contributed by atoms with E-state index in [9.17, 15) is 4.57 Å². The normalized spacial score (nSPS) is 13.6. The topological polar surface area (TPSA) is 54.0 Å². The van der Waals surface area contributed by atoms with Crippen LogP contribution in [0.3, 0.4) is 0 Å². The molecule has 1 atom stereocenters. The molecule has 0 aromatic rings. The minimum Gasteiger partial charge on any atom is -0.376 e. The molecule has 0 aromatic heterocycles. The molecule has 0 rings (SSSR count). The van der Waals surface area contributed by atoms with Crippen LogP contribution in [0, 0.1) is 0 Å². The zero-order valence-corrected chi connectivity index (χ0v) is 14.3. The van der Waals surface area contributed by atoms with Gasteiger partial charge in [-0.15, -0.1) is 0 Å². The maximum atomic E-state index is 12.5. The van der Waals surface area contributed by atoms with Gasteiger partial charge in [-0.05, 0) is 26.2 Å². The molecule has 0 heterocycles. The van der Waals surface area contributed by atoms with E-state index in [1.807, 2.05) is 13.8 Å². The van der Waals surface area contributed by atoms with Gasteiger partial charge in [0.05, 0.1) is 25.9 Å². The van der Waals surface area contributed by atoms with E-state index in [-0.39, 0.29) is 12.7 Å². The summed E-state index contributed by atoms with van der Waals surface area (Å²) in [5, 5.41) is 0. The Morgan fingerprint density at radius 2 is 1.45 bits per heavy atom. The highest BCUT2D eigenvalue weighted by atomic mass is 31.2. The van der Waals surface area contributed by atoms with E-state index >= 15 is 0 Å². The van der Waals surface area contributed by atoms with Gasteiger partial charge >= 0.3 is 7.82 Å². The molecule has 0 saturated heterocycles. The van der Waals surface area contributed by atoms with Crippen molar-refractivity contribution in [3.8, 4) is 0 Å². The van der Waals surface area contributed by atoms with Gasteiger partial charge < -0.3 is 4.74 Å². The van der Waals surface area contributed by atoms with Gasteiger partial charge in [0.25, 0.3) is 0 Å². The van der Waals surface area contributed by atoms with Crippen molar-refractivity contribution < 1.29 is 22.9 Å². The van der Waals surface area contributed by atoms with Crippen LogP contribution in [-0.4, -0.2) is 32.5 Å². The van der Waals surface area contributed by atoms with E-state index in [2.05, 4.69) is 13.8 Å². The van der Waals surface area contributed by atoms with Crippen LogP contribution in [0.15, 0.2) is 0 Å². The summed E-state index contributed by atoms with van der Waals surface area (Å²) in [6.07, 6.45) is 4.37. The standard InChI is InChI=1S/C14H31O5P/c1-5-9-11-17-20(15,18-12-10-6-2)19-13-14(7-3)16-8-4/h14H,5-13H2,1-4H3/t14-/m0/s1. The third-order valence-electron chi connectivity index (χ3n) is 2.77. The third kappa shape index (κ3) is 9.89. The Morgan fingerprint density at radius 3 is 1.85 bits per heavy atom. The highest BCUT2D eigenvalue weighted by molar-refractivity contribution is 7.48. The van der Waals surface area contributed by atoms with Gasteiger partial charge in [0, 0.05) is 6.61 Å². The number of phosphoric ester groups is 1. The first kappa shape index (κ1) is 20.1. The summed E-state index contributed by atoms with van der Waals surface area (Å²) >= 11 is 0. The van der Waals surface area contributed by atoms with Crippen LogP contribution in [-0.2, 0) is 22.9 Å². The fourth-order valence-electron chi connectivity index (χ4n) is 1.45. The van der Waals surface area contributed by atoms with Crippen LogP contribution < -0.4 is 0 Å². The van der Waals surface area contributed by atoms with Gasteiger partial charge in [0.1, 0.15) is 0 Å². The van der Waals surface area contributed by atoms with Crippen molar-refractivity contribution in [1.82, 2.24) is 0 Å². The summed E-state index contributed by atoms with van der Waals surface area (Å²) in [6.45, 7) is 9.67. The number of phosphoric acid groups is 1. The lowest BCUT2D eigenvalue weighted by atomic mass is 10.3. The number of hydrogen-bond donors (Lipinski definition) is 0. The Morgan fingerprint density at radius 1 is 0.900 bits per heavy atom. The molecule has 0 unspecified atom stereocenters. The van der Waals surface area contributed by atoms with Crippen LogP contribution in [0.1, 0.15) is 59.8 Å². The number of ether oxygens (including phenoxy) is 1. The van der Waals surface area contributed by atoms with E-state index in [1.165, 1.54) is 0 Å². The van der Waals surface area contributed by atoms with E-state index in [0.717, 1.165) is 32.1 Å². The lowest BCUT2D eigenvalue weighted by Gasteiger charge is -2.21. The molecule has 0 aliphatic carbocycles. The minimum absolute atomic E-state index is 0.0714. The Kier molecular flexibility index (Phi) is 12.8. The van der Waals surface area contributed by atoms with Gasteiger partial charge in [-0.1, -0.05) is 33.6 Å². The molecule has 20 heavy (non-hydrogen) atoms. The van der Waals surface area contributed by atoms with Crippen molar-refractivity contribution >= 4 is 7.82 Å². The van der Waals surface area contributed by atoms with Crippen LogP contribution in [0.25, 0.3) is 0 Å². The van der Waals surface area contributed by atoms with Gasteiger partial charge in [-0.2, -0.15) is 0 Å². The average Bonchev–Trinajstić information content (AvgIpc) is 2.44. The monoisotopic (exact) mass is 310 g/mol. The molecule has 0 saturated carbocycles. The minimum atomic E-state index is -3.45. The largest absolute Gasteiger partial charge is 0.474 e. The molecular formula is C14H31O5P. The highest BCUT2D eigenvalue weighted by Crippen LogP contribution is 2.49. The summed E-state index contributed by atoms with van der Waals surface area (Å²) in [5.41, 5.74) is 0. The zero-order valence-electron chi connectivity index (χ0n) is 13.4. The van der Waals surface area contributed by atoms with Crippen molar-refractivity contribution in [2.24, 2.45) is 0 Å². The number of rotatable bonds is 14. The van der Waals surface area contributed by atoms with Crippen molar-refractivity contribution in [1.29, 1.82) is 0 Å². The predicted octanol–water partition coefficient (Wildman–Crippen LogP) is 4.56. The zero-order chi connectivity index (χ0) is 15.3. The Hall–Kier alpha value is 0.0700. The summed E-state index contributed by atoms with van der Waals surface area (Å²) < 4.78 is 34.1. The molecule has 5 nitrogen and oxygen atoms in total. The van der Waals surface area contributed by atoms with Gasteiger partial charge in [-0.3, -0.25) is 13.6 Å². The molecule has 0 fully saturated rings. The summed E-state index contributed by atoms with van der Waals surface area (Å²) in [7, 11) is -3.45. The van der Waals surface area contributed by atoms with E-state index in [4.69, 9.17) is 18.3 Å². The molecule has 122 valence electrons. The second kappa shape index (κ2) is 12.8. The molecular weight excluding hydrogens is 279 g/mol. The van der Waals surface area contributed by atoms with Gasteiger partial charge in [-0.25, -0.2) is 4.57 Å². The number of unbranched alkanes of at least 4 members (excludes halogenated alkanes) is 2. The number of hydrogen-bond acceptors (Lipinski definition) is 5. The van der Waals surface area contributed by atoms with Crippen molar-refractivity contribution in [2.75, 3.05) is 26.4 Å². The Bertz CT molecular complexity index is 246. The molecule has 0 radical (unpaired) electrons. The van der Waals surface area contributed by atoms with Crippen LogP contribution in [0.5, 0.6) is 0 Å². The Balaban J connectivity index is 4.30. The smallest absolute Gasteiger partial charge is 0.376 e. The average molecular weight is 310 g/mol. The van der Waals surface area contributed by atoms with E-state index in [0.29, 0.717) is 19.8 Å². The SMILES string of the molecule is CCCCOP(=O)(OCCCC)OC[C@H](CC)OCC. The summed E-state index contributed by atoms with van der Waals surface area (Å²) in [6, 6.07) is 0. The molecule has 0 N–H and O–H groups in total. The molecule has 0 aliphatic rings. The van der Waals surface area contributed by atoms with Crippen LogP contribution in [0.2, 0.25) is 0 Å². The third-order valence-corrected chi connectivity index (χ3v) is 4.23. The molecule has 0 aliphatic heterocycles. The lowest BCUT2D eigenvalue weighted by Crippen LogP contribution is -2.19. The second-order valence-electron chi connectivity index (χ2n) is 4.60. The van der Waals surface area contributed by atoms with Crippen LogP contribution >= 0.6 is 7.82 Å². The van der Waals surface area contributed by atoms with E-state index < -0.39 is 7.82 Å². The van der Waals surface area contributed by atoms with Gasteiger partial charge in [0.15, 0.2) is 0 Å².